The van der Waals surface area contributed by atoms with Crippen LogP contribution in [-0.4, -0.2) is 23.4 Å². The van der Waals surface area contributed by atoms with Gasteiger partial charge in [-0.15, -0.1) is 0 Å². The molecule has 5 nitrogen and oxygen atoms in total. The molecule has 0 aliphatic rings. The molecule has 5 heteroatoms. The lowest BCUT2D eigenvalue weighted by molar-refractivity contribution is 0.0482. The number of ether oxygens (including phenoxy) is 2. The van der Waals surface area contributed by atoms with E-state index in [9.17, 15) is 9.90 Å². The van der Waals surface area contributed by atoms with E-state index in [-0.39, 0.29) is 6.61 Å². The molecule has 31 heavy (non-hydrogen) atoms. The number of hydrogen-bond acceptors (Lipinski definition) is 4. The number of nitrogens with one attached hydrogen (secondary N) is 1. The molecular formula is C26H29NO4. The quantitative estimate of drug-likeness (QED) is 0.531. The third-order valence-electron chi connectivity index (χ3n) is 4.62. The summed E-state index contributed by atoms with van der Waals surface area (Å²) in [4.78, 5) is 12.1. The molecular weight excluding hydrogens is 390 g/mol. The summed E-state index contributed by atoms with van der Waals surface area (Å²) in [5.41, 5.74) is 3.26. The molecule has 0 saturated carbocycles. The number of aliphatic hydroxyl groups is 1. The Morgan fingerprint density at radius 1 is 0.935 bits per heavy atom. The Labute approximate surface area is 183 Å². The number of aliphatic hydroxyl groups excluding tert-OH is 1. The third-order valence-corrected chi connectivity index (χ3v) is 4.62. The van der Waals surface area contributed by atoms with Crippen molar-refractivity contribution in [3.63, 3.8) is 0 Å². The van der Waals surface area contributed by atoms with Crippen molar-refractivity contribution in [2.24, 2.45) is 0 Å². The van der Waals surface area contributed by atoms with Crippen molar-refractivity contribution >= 4 is 6.09 Å². The van der Waals surface area contributed by atoms with Crippen LogP contribution in [0.2, 0.25) is 0 Å². The number of benzene rings is 3. The van der Waals surface area contributed by atoms with Gasteiger partial charge in [0, 0.05) is 5.56 Å². The first-order valence-corrected chi connectivity index (χ1v) is 10.3. The van der Waals surface area contributed by atoms with Crippen molar-refractivity contribution in [2.75, 3.05) is 6.61 Å². The lowest BCUT2D eigenvalue weighted by Crippen LogP contribution is -2.36. The fraction of sp³-hybridized carbons (Fsp3) is 0.269. The van der Waals surface area contributed by atoms with Crippen molar-refractivity contribution in [3.05, 3.63) is 90.0 Å². The van der Waals surface area contributed by atoms with Crippen LogP contribution in [0.3, 0.4) is 0 Å². The molecule has 0 fully saturated rings. The minimum atomic E-state index is -0.600. The average Bonchev–Trinajstić information content (AvgIpc) is 2.76. The van der Waals surface area contributed by atoms with Gasteiger partial charge in [-0.1, -0.05) is 72.8 Å². The van der Waals surface area contributed by atoms with Crippen LogP contribution >= 0.6 is 0 Å². The number of carbonyl (C=O) groups excluding carboxylic acids is 1. The summed E-state index contributed by atoms with van der Waals surface area (Å²) in [6.07, 6.45) is -0.560. The number of hydrogen-bond donors (Lipinski definition) is 2. The van der Waals surface area contributed by atoms with Crippen LogP contribution in [0, 0.1) is 0 Å². The van der Waals surface area contributed by atoms with E-state index in [2.05, 4.69) is 5.32 Å². The maximum absolute atomic E-state index is 12.1. The molecule has 0 radical (unpaired) electrons. The summed E-state index contributed by atoms with van der Waals surface area (Å²) >= 11 is 0. The van der Waals surface area contributed by atoms with Gasteiger partial charge in [-0.3, -0.25) is 0 Å². The van der Waals surface area contributed by atoms with Gasteiger partial charge in [0.1, 0.15) is 18.0 Å². The Balaban J connectivity index is 1.73. The highest BCUT2D eigenvalue weighted by Gasteiger charge is 2.20. The van der Waals surface area contributed by atoms with Crippen molar-refractivity contribution in [2.45, 2.75) is 39.0 Å². The maximum atomic E-state index is 12.1. The predicted octanol–water partition coefficient (Wildman–Crippen LogP) is 5.49. The fourth-order valence-corrected chi connectivity index (χ4v) is 3.15. The number of para-hydroxylation sites is 1. The highest BCUT2D eigenvalue weighted by atomic mass is 16.6. The molecule has 0 spiro atoms. The SMILES string of the molecule is CC(C)(C)OC(=O)N[C@@H](CO)c1ccc(-c2ccccc2OCc2ccccc2)cc1. The van der Waals surface area contributed by atoms with Gasteiger partial charge in [0.2, 0.25) is 0 Å². The van der Waals surface area contributed by atoms with E-state index < -0.39 is 17.7 Å². The van der Waals surface area contributed by atoms with Crippen molar-refractivity contribution < 1.29 is 19.4 Å². The minimum absolute atomic E-state index is 0.227. The summed E-state index contributed by atoms with van der Waals surface area (Å²) in [7, 11) is 0. The standard InChI is InChI=1S/C26H29NO4/c1-26(2,3)31-25(29)27-23(17-28)21-15-13-20(14-16-21)22-11-7-8-12-24(22)30-18-19-9-5-4-6-10-19/h4-16,23,28H,17-18H2,1-3H3,(H,27,29)/t23-/m0/s1. The molecule has 1 atom stereocenters. The van der Waals surface area contributed by atoms with E-state index in [1.807, 2.05) is 78.9 Å². The van der Waals surface area contributed by atoms with Gasteiger partial charge in [0.05, 0.1) is 12.6 Å². The first kappa shape index (κ1) is 22.4. The predicted molar refractivity (Wildman–Crippen MR) is 122 cm³/mol. The number of alkyl carbamates (subject to hydrolysis) is 1. The number of amides is 1. The second-order valence-corrected chi connectivity index (χ2v) is 8.27. The van der Waals surface area contributed by atoms with Gasteiger partial charge in [0.25, 0.3) is 0 Å². The molecule has 0 aromatic heterocycles. The maximum Gasteiger partial charge on any atom is 0.408 e. The van der Waals surface area contributed by atoms with Crippen LogP contribution in [0.25, 0.3) is 11.1 Å². The first-order valence-electron chi connectivity index (χ1n) is 10.3. The van der Waals surface area contributed by atoms with E-state index in [0.29, 0.717) is 6.61 Å². The highest BCUT2D eigenvalue weighted by Crippen LogP contribution is 2.31. The topological polar surface area (TPSA) is 67.8 Å². The van der Waals surface area contributed by atoms with Crippen molar-refractivity contribution in [3.8, 4) is 16.9 Å². The number of carbonyl (C=O) groups is 1. The summed E-state index contributed by atoms with van der Waals surface area (Å²) in [5, 5.41) is 12.5. The Kier molecular flexibility index (Phi) is 7.32. The van der Waals surface area contributed by atoms with Crippen LogP contribution in [-0.2, 0) is 11.3 Å². The lowest BCUT2D eigenvalue weighted by Gasteiger charge is -2.23. The normalized spacial score (nSPS) is 12.1. The summed E-state index contributed by atoms with van der Waals surface area (Å²) in [6, 6.07) is 25.1. The van der Waals surface area contributed by atoms with Gasteiger partial charge in [-0.05, 0) is 43.5 Å². The minimum Gasteiger partial charge on any atom is -0.488 e. The van der Waals surface area contributed by atoms with E-state index >= 15 is 0 Å². The Morgan fingerprint density at radius 2 is 1.58 bits per heavy atom. The van der Waals surface area contributed by atoms with Crippen LogP contribution in [0.4, 0.5) is 4.79 Å². The average molecular weight is 420 g/mol. The summed E-state index contributed by atoms with van der Waals surface area (Å²) in [5.74, 6) is 0.796. The Bertz CT molecular complexity index is 978. The van der Waals surface area contributed by atoms with Crippen LogP contribution in [0.5, 0.6) is 5.75 Å². The van der Waals surface area contributed by atoms with E-state index in [1.54, 1.807) is 20.8 Å². The summed E-state index contributed by atoms with van der Waals surface area (Å²) in [6.45, 7) is 5.66. The van der Waals surface area contributed by atoms with Gasteiger partial charge in [-0.25, -0.2) is 4.79 Å². The first-order chi connectivity index (χ1) is 14.9. The van der Waals surface area contributed by atoms with Crippen molar-refractivity contribution in [1.29, 1.82) is 0 Å². The van der Waals surface area contributed by atoms with Gasteiger partial charge >= 0.3 is 6.09 Å². The second-order valence-electron chi connectivity index (χ2n) is 8.27. The molecule has 0 unspecified atom stereocenters. The van der Waals surface area contributed by atoms with E-state index in [0.717, 1.165) is 28.0 Å². The zero-order valence-corrected chi connectivity index (χ0v) is 18.2. The second kappa shape index (κ2) is 10.1. The van der Waals surface area contributed by atoms with Crippen molar-refractivity contribution in [1.82, 2.24) is 5.32 Å². The molecule has 0 aliphatic heterocycles. The fourth-order valence-electron chi connectivity index (χ4n) is 3.15. The number of rotatable bonds is 7. The largest absolute Gasteiger partial charge is 0.488 e. The van der Waals surface area contributed by atoms with Crippen LogP contribution in [0.1, 0.15) is 37.9 Å². The molecule has 3 aromatic carbocycles. The molecule has 1 amide bonds. The molecule has 3 aromatic rings. The van der Waals surface area contributed by atoms with Gasteiger partial charge in [0.15, 0.2) is 0 Å². The molecule has 0 saturated heterocycles. The highest BCUT2D eigenvalue weighted by molar-refractivity contribution is 5.71. The molecule has 162 valence electrons. The van der Waals surface area contributed by atoms with Crippen LogP contribution in [0.15, 0.2) is 78.9 Å². The molecule has 0 aliphatic carbocycles. The third kappa shape index (κ3) is 6.59. The lowest BCUT2D eigenvalue weighted by atomic mass is 10.0. The molecule has 2 N–H and O–H groups in total. The molecule has 3 rings (SSSR count). The van der Waals surface area contributed by atoms with Crippen LogP contribution < -0.4 is 10.1 Å². The van der Waals surface area contributed by atoms with Gasteiger partial charge < -0.3 is 19.9 Å². The Hall–Kier alpha value is -3.31. The smallest absolute Gasteiger partial charge is 0.408 e. The monoisotopic (exact) mass is 419 g/mol. The van der Waals surface area contributed by atoms with Gasteiger partial charge in [-0.2, -0.15) is 0 Å². The van der Waals surface area contributed by atoms with E-state index in [4.69, 9.17) is 9.47 Å². The molecule has 0 bridgehead atoms. The van der Waals surface area contributed by atoms with E-state index in [1.165, 1.54) is 0 Å². The zero-order valence-electron chi connectivity index (χ0n) is 18.2. The Morgan fingerprint density at radius 3 is 2.23 bits per heavy atom. The molecule has 0 heterocycles. The summed E-state index contributed by atoms with van der Waals surface area (Å²) < 4.78 is 11.3. The zero-order chi connectivity index (χ0) is 22.3.